The molecule has 0 radical (unpaired) electrons. The van der Waals surface area contributed by atoms with Crippen LogP contribution in [-0.4, -0.2) is 19.5 Å². The molecule has 1 amide bonds. The molecule has 0 heterocycles. The summed E-state index contributed by atoms with van der Waals surface area (Å²) in [6, 6.07) is 11.7. The van der Waals surface area contributed by atoms with E-state index < -0.39 is 15.9 Å². The van der Waals surface area contributed by atoms with Crippen molar-refractivity contribution in [2.45, 2.75) is 18.7 Å². The fourth-order valence-corrected chi connectivity index (χ4v) is 3.42. The van der Waals surface area contributed by atoms with Crippen LogP contribution in [0.2, 0.25) is 0 Å². The monoisotopic (exact) mass is 346 g/mol. The van der Waals surface area contributed by atoms with E-state index >= 15 is 0 Å². The van der Waals surface area contributed by atoms with Gasteiger partial charge in [0.15, 0.2) is 0 Å². The third-order valence-electron chi connectivity index (χ3n) is 3.42. The number of amides is 1. The first kappa shape index (κ1) is 17.7. The highest BCUT2D eigenvalue weighted by Crippen LogP contribution is 2.23. The van der Waals surface area contributed by atoms with Gasteiger partial charge in [0.1, 0.15) is 0 Å². The Labute approximate surface area is 140 Å². The predicted molar refractivity (Wildman–Crippen MR) is 92.1 cm³/mol. The Morgan fingerprint density at radius 3 is 2.33 bits per heavy atom. The van der Waals surface area contributed by atoms with E-state index in [4.69, 9.17) is 5.21 Å². The molecule has 2 rings (SSSR count). The summed E-state index contributed by atoms with van der Waals surface area (Å²) in [5, 5.41) is 8.46. The molecular formula is C17H18N2O4S. The van der Waals surface area contributed by atoms with Gasteiger partial charge in [-0.1, -0.05) is 30.3 Å². The number of anilines is 1. The summed E-state index contributed by atoms with van der Waals surface area (Å²) in [4.78, 5) is 11.1. The van der Waals surface area contributed by atoms with Crippen LogP contribution in [0.25, 0.3) is 6.08 Å². The normalized spacial score (nSPS) is 11.5. The number of benzene rings is 2. The summed E-state index contributed by atoms with van der Waals surface area (Å²) < 4.78 is 27.8. The quantitative estimate of drug-likeness (QED) is 0.440. The van der Waals surface area contributed by atoms with Crippen molar-refractivity contribution >= 4 is 27.7 Å². The molecular weight excluding hydrogens is 328 g/mol. The molecule has 0 fully saturated rings. The molecule has 0 aromatic heterocycles. The maximum atomic E-state index is 12.6. The SMILES string of the molecule is Cc1cccc(C)c1NS(=O)(=O)c1cccc(/C=C/C(=O)NO)c1. The van der Waals surface area contributed by atoms with Gasteiger partial charge in [-0.2, -0.15) is 0 Å². The molecule has 2 aromatic rings. The standard InChI is InChI=1S/C17H18N2O4S/c1-12-5-3-6-13(2)17(12)19-24(22,23)15-8-4-7-14(11-15)9-10-16(20)18-21/h3-11,19,21H,1-2H3,(H,18,20)/b10-9+. The van der Waals surface area contributed by atoms with Crippen molar-refractivity contribution in [3.8, 4) is 0 Å². The number of sulfonamides is 1. The van der Waals surface area contributed by atoms with Gasteiger partial charge in [-0.05, 0) is 48.7 Å². The third kappa shape index (κ3) is 4.21. The average Bonchev–Trinajstić information content (AvgIpc) is 2.56. The molecule has 0 aliphatic carbocycles. The molecule has 0 unspecified atom stereocenters. The summed E-state index contributed by atoms with van der Waals surface area (Å²) in [6.07, 6.45) is 2.51. The number of hydroxylamine groups is 1. The molecule has 126 valence electrons. The van der Waals surface area contributed by atoms with Crippen molar-refractivity contribution in [2.75, 3.05) is 4.72 Å². The van der Waals surface area contributed by atoms with Crippen LogP contribution in [0, 0.1) is 13.8 Å². The summed E-state index contributed by atoms with van der Waals surface area (Å²) in [5.74, 6) is -0.697. The van der Waals surface area contributed by atoms with Crippen LogP contribution in [0.5, 0.6) is 0 Å². The van der Waals surface area contributed by atoms with Gasteiger partial charge in [0.25, 0.3) is 15.9 Å². The number of carbonyl (C=O) groups excluding carboxylic acids is 1. The van der Waals surface area contributed by atoms with E-state index in [9.17, 15) is 13.2 Å². The average molecular weight is 346 g/mol. The first-order valence-corrected chi connectivity index (χ1v) is 8.63. The summed E-state index contributed by atoms with van der Waals surface area (Å²) in [5.41, 5.74) is 4.20. The molecule has 3 N–H and O–H groups in total. The molecule has 7 heteroatoms. The fraction of sp³-hybridized carbons (Fsp3) is 0.118. The molecule has 24 heavy (non-hydrogen) atoms. The zero-order valence-electron chi connectivity index (χ0n) is 13.3. The van der Waals surface area contributed by atoms with Crippen molar-refractivity contribution in [1.82, 2.24) is 5.48 Å². The summed E-state index contributed by atoms with van der Waals surface area (Å²) in [7, 11) is -3.76. The Hall–Kier alpha value is -2.64. The Kier molecular flexibility index (Phi) is 5.38. The van der Waals surface area contributed by atoms with E-state index in [0.717, 1.165) is 17.2 Å². The molecule has 0 spiro atoms. The minimum atomic E-state index is -3.76. The number of hydrogen-bond donors (Lipinski definition) is 3. The highest BCUT2D eigenvalue weighted by molar-refractivity contribution is 7.92. The van der Waals surface area contributed by atoms with Gasteiger partial charge in [-0.25, -0.2) is 13.9 Å². The van der Waals surface area contributed by atoms with E-state index in [0.29, 0.717) is 11.3 Å². The van der Waals surface area contributed by atoms with Crippen molar-refractivity contribution in [3.63, 3.8) is 0 Å². The highest BCUT2D eigenvalue weighted by atomic mass is 32.2. The number of aryl methyl sites for hydroxylation is 2. The van der Waals surface area contributed by atoms with Crippen molar-refractivity contribution in [2.24, 2.45) is 0 Å². The highest BCUT2D eigenvalue weighted by Gasteiger charge is 2.16. The van der Waals surface area contributed by atoms with Gasteiger partial charge in [0.2, 0.25) is 0 Å². The van der Waals surface area contributed by atoms with Gasteiger partial charge in [0.05, 0.1) is 10.6 Å². The van der Waals surface area contributed by atoms with Crippen LogP contribution in [-0.2, 0) is 14.8 Å². The Morgan fingerprint density at radius 2 is 1.71 bits per heavy atom. The lowest BCUT2D eigenvalue weighted by Crippen LogP contribution is -2.15. The van der Waals surface area contributed by atoms with Crippen LogP contribution >= 0.6 is 0 Å². The smallest absolute Gasteiger partial charge is 0.267 e. The molecule has 0 saturated carbocycles. The van der Waals surface area contributed by atoms with Gasteiger partial charge in [-0.15, -0.1) is 0 Å². The molecule has 0 bridgehead atoms. The minimum absolute atomic E-state index is 0.0803. The van der Waals surface area contributed by atoms with E-state index in [1.54, 1.807) is 12.1 Å². The van der Waals surface area contributed by atoms with Crippen LogP contribution in [0.15, 0.2) is 53.4 Å². The minimum Gasteiger partial charge on any atom is -0.288 e. The molecule has 0 aliphatic heterocycles. The topological polar surface area (TPSA) is 95.5 Å². The first-order chi connectivity index (χ1) is 11.3. The Morgan fingerprint density at radius 1 is 1.08 bits per heavy atom. The number of hydrogen-bond acceptors (Lipinski definition) is 4. The van der Waals surface area contributed by atoms with Crippen molar-refractivity contribution in [3.05, 3.63) is 65.2 Å². The third-order valence-corrected chi connectivity index (χ3v) is 4.77. The maximum Gasteiger partial charge on any atom is 0.267 e. The number of rotatable bonds is 5. The van der Waals surface area contributed by atoms with Crippen LogP contribution in [0.1, 0.15) is 16.7 Å². The first-order valence-electron chi connectivity index (χ1n) is 7.15. The zero-order chi connectivity index (χ0) is 17.7. The second-order valence-electron chi connectivity index (χ2n) is 5.25. The fourth-order valence-electron chi connectivity index (χ4n) is 2.16. The predicted octanol–water partition coefficient (Wildman–Crippen LogP) is 2.62. The zero-order valence-corrected chi connectivity index (χ0v) is 14.1. The van der Waals surface area contributed by atoms with Crippen molar-refractivity contribution in [1.29, 1.82) is 0 Å². The van der Waals surface area contributed by atoms with E-state index in [2.05, 4.69) is 4.72 Å². The largest absolute Gasteiger partial charge is 0.288 e. The maximum absolute atomic E-state index is 12.6. The summed E-state index contributed by atoms with van der Waals surface area (Å²) in [6.45, 7) is 3.66. The van der Waals surface area contributed by atoms with E-state index in [-0.39, 0.29) is 4.90 Å². The second kappa shape index (κ2) is 7.29. The lowest BCUT2D eigenvalue weighted by molar-refractivity contribution is -0.124. The Bertz CT molecular complexity index is 869. The van der Waals surface area contributed by atoms with E-state index in [1.165, 1.54) is 23.7 Å². The lowest BCUT2D eigenvalue weighted by atomic mass is 10.1. The van der Waals surface area contributed by atoms with Crippen LogP contribution in [0.3, 0.4) is 0 Å². The number of carbonyl (C=O) groups is 1. The number of para-hydroxylation sites is 1. The van der Waals surface area contributed by atoms with Gasteiger partial charge in [0, 0.05) is 6.08 Å². The molecule has 0 aliphatic rings. The molecule has 2 aromatic carbocycles. The van der Waals surface area contributed by atoms with Crippen LogP contribution in [0.4, 0.5) is 5.69 Å². The molecule has 0 saturated heterocycles. The van der Waals surface area contributed by atoms with Crippen LogP contribution < -0.4 is 10.2 Å². The Balaban J connectivity index is 2.33. The lowest BCUT2D eigenvalue weighted by Gasteiger charge is -2.13. The molecule has 6 nitrogen and oxygen atoms in total. The van der Waals surface area contributed by atoms with Gasteiger partial charge in [-0.3, -0.25) is 14.7 Å². The number of nitrogens with one attached hydrogen (secondary N) is 2. The summed E-state index contributed by atoms with van der Waals surface area (Å²) >= 11 is 0. The molecule has 0 atom stereocenters. The van der Waals surface area contributed by atoms with Gasteiger partial charge >= 0.3 is 0 Å². The second-order valence-corrected chi connectivity index (χ2v) is 6.94. The van der Waals surface area contributed by atoms with E-state index in [1.807, 2.05) is 32.0 Å². The van der Waals surface area contributed by atoms with Gasteiger partial charge < -0.3 is 0 Å². The van der Waals surface area contributed by atoms with Crippen molar-refractivity contribution < 1.29 is 18.4 Å².